The number of nitrogens with zero attached hydrogens (tertiary/aromatic N) is 5. The van der Waals surface area contributed by atoms with Crippen molar-refractivity contribution in [2.24, 2.45) is 11.8 Å². The van der Waals surface area contributed by atoms with Crippen LogP contribution in [0.3, 0.4) is 0 Å². The number of rotatable bonds is 3. The lowest BCUT2D eigenvalue weighted by Gasteiger charge is -2.23. The molecule has 4 heterocycles. The van der Waals surface area contributed by atoms with Crippen LogP contribution in [0.4, 0.5) is 5.82 Å². The summed E-state index contributed by atoms with van der Waals surface area (Å²) in [5.74, 6) is 3.51. The molecule has 4 rings (SSSR count). The topological polar surface area (TPSA) is 58.3 Å². The molecule has 2 aromatic heterocycles. The summed E-state index contributed by atoms with van der Waals surface area (Å²) in [6, 6.07) is 1.95. The Morgan fingerprint density at radius 2 is 1.91 bits per heavy atom. The van der Waals surface area contributed by atoms with Crippen molar-refractivity contribution >= 4 is 5.82 Å². The minimum Gasteiger partial charge on any atom is -0.360 e. The van der Waals surface area contributed by atoms with Gasteiger partial charge in [0.1, 0.15) is 12.1 Å². The van der Waals surface area contributed by atoms with Gasteiger partial charge in [0, 0.05) is 43.5 Å². The summed E-state index contributed by atoms with van der Waals surface area (Å²) in [6.07, 6.45) is 3.40. The van der Waals surface area contributed by atoms with E-state index in [0.717, 1.165) is 61.8 Å². The molecule has 2 saturated heterocycles. The number of anilines is 1. The van der Waals surface area contributed by atoms with E-state index >= 15 is 0 Å². The molecule has 0 bridgehead atoms. The summed E-state index contributed by atoms with van der Waals surface area (Å²) < 4.78 is 5.22. The second kappa shape index (κ2) is 5.35. The standard InChI is InChI=1S/C16H21N5O/c1-11-12(2)17-10-18-16(11)21-7-13-5-20(6-14(13)8-21)9-15-3-4-19-22-15/h3-4,10,13-14H,5-9H2,1-2H3. The highest BCUT2D eigenvalue weighted by molar-refractivity contribution is 5.48. The highest BCUT2D eigenvalue weighted by Gasteiger charge is 2.40. The predicted molar refractivity (Wildman–Crippen MR) is 82.5 cm³/mol. The van der Waals surface area contributed by atoms with Crippen molar-refractivity contribution in [3.8, 4) is 0 Å². The van der Waals surface area contributed by atoms with Crippen molar-refractivity contribution in [3.05, 3.63) is 35.6 Å². The van der Waals surface area contributed by atoms with Gasteiger partial charge in [-0.15, -0.1) is 0 Å². The van der Waals surface area contributed by atoms with Crippen LogP contribution in [0.25, 0.3) is 0 Å². The van der Waals surface area contributed by atoms with Crippen molar-refractivity contribution in [1.82, 2.24) is 20.0 Å². The molecule has 6 heteroatoms. The van der Waals surface area contributed by atoms with E-state index in [2.05, 4.69) is 38.8 Å². The van der Waals surface area contributed by atoms with Crippen molar-refractivity contribution < 1.29 is 4.52 Å². The smallest absolute Gasteiger partial charge is 0.150 e. The Bertz CT molecular complexity index is 643. The number of hydrogen-bond donors (Lipinski definition) is 0. The molecule has 6 nitrogen and oxygen atoms in total. The maximum Gasteiger partial charge on any atom is 0.150 e. The minimum atomic E-state index is 0.720. The van der Waals surface area contributed by atoms with E-state index < -0.39 is 0 Å². The summed E-state index contributed by atoms with van der Waals surface area (Å²) in [4.78, 5) is 13.7. The Kier molecular flexibility index (Phi) is 3.33. The van der Waals surface area contributed by atoms with Gasteiger partial charge in [-0.3, -0.25) is 4.90 Å². The fourth-order valence-electron chi connectivity index (χ4n) is 3.78. The molecule has 116 valence electrons. The average molecular weight is 299 g/mol. The molecule has 2 unspecified atom stereocenters. The molecule has 2 fully saturated rings. The summed E-state index contributed by atoms with van der Waals surface area (Å²) in [7, 11) is 0. The first-order chi connectivity index (χ1) is 10.7. The van der Waals surface area contributed by atoms with Gasteiger partial charge in [-0.25, -0.2) is 9.97 Å². The maximum absolute atomic E-state index is 5.22. The van der Waals surface area contributed by atoms with E-state index in [0.29, 0.717) is 0 Å². The van der Waals surface area contributed by atoms with Gasteiger partial charge >= 0.3 is 0 Å². The Labute approximate surface area is 130 Å². The molecule has 2 aromatic rings. The van der Waals surface area contributed by atoms with Gasteiger partial charge < -0.3 is 9.42 Å². The van der Waals surface area contributed by atoms with E-state index in [1.54, 1.807) is 12.5 Å². The Balaban J connectivity index is 1.42. The molecule has 22 heavy (non-hydrogen) atoms. The highest BCUT2D eigenvalue weighted by Crippen LogP contribution is 2.35. The first-order valence-electron chi connectivity index (χ1n) is 7.86. The molecule has 2 aliphatic rings. The Hall–Kier alpha value is -1.95. The third-order valence-electron chi connectivity index (χ3n) is 5.04. The van der Waals surface area contributed by atoms with Crippen molar-refractivity contribution in [2.45, 2.75) is 20.4 Å². The Morgan fingerprint density at radius 3 is 2.59 bits per heavy atom. The quantitative estimate of drug-likeness (QED) is 0.859. The maximum atomic E-state index is 5.22. The Morgan fingerprint density at radius 1 is 1.14 bits per heavy atom. The number of fused-ring (bicyclic) bond motifs is 1. The van der Waals surface area contributed by atoms with Crippen LogP contribution in [-0.2, 0) is 6.54 Å². The SMILES string of the molecule is Cc1ncnc(N2CC3CN(Cc4ccno4)CC3C2)c1C. The molecule has 2 aliphatic heterocycles. The summed E-state index contributed by atoms with van der Waals surface area (Å²) >= 11 is 0. The van der Waals surface area contributed by atoms with Crippen LogP contribution in [-0.4, -0.2) is 46.2 Å². The van der Waals surface area contributed by atoms with E-state index in [-0.39, 0.29) is 0 Å². The number of likely N-dealkylation sites (tertiary alicyclic amines) is 1. The van der Waals surface area contributed by atoms with Crippen LogP contribution < -0.4 is 4.90 Å². The predicted octanol–water partition coefficient (Wildman–Crippen LogP) is 1.65. The van der Waals surface area contributed by atoms with Crippen LogP contribution >= 0.6 is 0 Å². The van der Waals surface area contributed by atoms with Crippen molar-refractivity contribution in [1.29, 1.82) is 0 Å². The van der Waals surface area contributed by atoms with E-state index in [1.807, 2.05) is 6.07 Å². The van der Waals surface area contributed by atoms with E-state index in [9.17, 15) is 0 Å². The van der Waals surface area contributed by atoms with Gasteiger partial charge in [0.15, 0.2) is 5.76 Å². The molecule has 0 aromatic carbocycles. The molecule has 2 atom stereocenters. The lowest BCUT2D eigenvalue weighted by molar-refractivity contribution is 0.261. The van der Waals surface area contributed by atoms with E-state index in [4.69, 9.17) is 4.52 Å². The first-order valence-corrected chi connectivity index (χ1v) is 7.86. The number of hydrogen-bond acceptors (Lipinski definition) is 6. The summed E-state index contributed by atoms with van der Waals surface area (Å²) in [5.41, 5.74) is 2.29. The van der Waals surface area contributed by atoms with Gasteiger partial charge in [0.05, 0.1) is 12.7 Å². The molecular formula is C16H21N5O. The molecule has 0 spiro atoms. The normalized spacial score (nSPS) is 24.9. The lowest BCUT2D eigenvalue weighted by Crippen LogP contribution is -2.29. The third kappa shape index (κ3) is 2.37. The number of aromatic nitrogens is 3. The zero-order chi connectivity index (χ0) is 15.1. The van der Waals surface area contributed by atoms with Crippen LogP contribution in [0.15, 0.2) is 23.1 Å². The second-order valence-electron chi connectivity index (χ2n) is 6.51. The lowest BCUT2D eigenvalue weighted by atomic mass is 10.0. The van der Waals surface area contributed by atoms with Crippen LogP contribution in [0, 0.1) is 25.7 Å². The van der Waals surface area contributed by atoms with Gasteiger partial charge in [0.2, 0.25) is 0 Å². The highest BCUT2D eigenvalue weighted by atomic mass is 16.5. The zero-order valence-corrected chi connectivity index (χ0v) is 13.1. The van der Waals surface area contributed by atoms with Gasteiger partial charge in [0.25, 0.3) is 0 Å². The summed E-state index contributed by atoms with van der Waals surface area (Å²) in [6.45, 7) is 9.49. The summed E-state index contributed by atoms with van der Waals surface area (Å²) in [5, 5.41) is 3.78. The van der Waals surface area contributed by atoms with Crippen molar-refractivity contribution in [2.75, 3.05) is 31.1 Å². The molecule has 0 radical (unpaired) electrons. The molecule has 0 saturated carbocycles. The molecule has 0 aliphatic carbocycles. The first kappa shape index (κ1) is 13.7. The minimum absolute atomic E-state index is 0.720. The van der Waals surface area contributed by atoms with Gasteiger partial charge in [-0.2, -0.15) is 0 Å². The van der Waals surface area contributed by atoms with Crippen LogP contribution in [0.1, 0.15) is 17.0 Å². The van der Waals surface area contributed by atoms with E-state index in [1.165, 1.54) is 5.56 Å². The third-order valence-corrected chi connectivity index (χ3v) is 5.04. The monoisotopic (exact) mass is 299 g/mol. The second-order valence-corrected chi connectivity index (χ2v) is 6.51. The number of aryl methyl sites for hydroxylation is 1. The fourth-order valence-corrected chi connectivity index (χ4v) is 3.78. The fraction of sp³-hybridized carbons (Fsp3) is 0.562. The molecular weight excluding hydrogens is 278 g/mol. The van der Waals surface area contributed by atoms with Crippen LogP contribution in [0.2, 0.25) is 0 Å². The molecule has 0 amide bonds. The average Bonchev–Trinajstić information content (AvgIpc) is 3.18. The molecule has 0 N–H and O–H groups in total. The van der Waals surface area contributed by atoms with Crippen molar-refractivity contribution in [3.63, 3.8) is 0 Å². The van der Waals surface area contributed by atoms with Crippen LogP contribution in [0.5, 0.6) is 0 Å². The van der Waals surface area contributed by atoms with Gasteiger partial charge in [-0.05, 0) is 25.7 Å². The largest absolute Gasteiger partial charge is 0.360 e. The zero-order valence-electron chi connectivity index (χ0n) is 13.1. The van der Waals surface area contributed by atoms with Gasteiger partial charge in [-0.1, -0.05) is 5.16 Å².